The number of pyridine rings is 2. The Labute approximate surface area is 149 Å². The Morgan fingerprint density at radius 2 is 2.12 bits per heavy atom. The van der Waals surface area contributed by atoms with Crippen LogP contribution in [0.3, 0.4) is 0 Å². The van der Waals surface area contributed by atoms with E-state index in [1.54, 1.807) is 36.5 Å². The summed E-state index contributed by atoms with van der Waals surface area (Å²) in [5.41, 5.74) is 2.24. The first-order valence-corrected chi connectivity index (χ1v) is 8.39. The second-order valence-electron chi connectivity index (χ2n) is 6.36. The molecule has 7 heteroatoms. The molecule has 0 aliphatic carbocycles. The van der Waals surface area contributed by atoms with Crippen molar-refractivity contribution >= 4 is 5.91 Å². The zero-order valence-corrected chi connectivity index (χ0v) is 14.6. The number of nitrogens with zero attached hydrogens (tertiary/aromatic N) is 4. The molecule has 26 heavy (non-hydrogen) atoms. The average molecular weight is 350 g/mol. The number of carbonyl (C=O) groups is 1. The quantitative estimate of drug-likeness (QED) is 0.705. The molecule has 0 bridgehead atoms. The highest BCUT2D eigenvalue weighted by molar-refractivity contribution is 5.94. The van der Waals surface area contributed by atoms with E-state index in [1.807, 2.05) is 19.1 Å². The van der Waals surface area contributed by atoms with Gasteiger partial charge in [-0.1, -0.05) is 0 Å². The number of oxazole rings is 1. The third kappa shape index (κ3) is 2.71. The van der Waals surface area contributed by atoms with Crippen molar-refractivity contribution in [2.75, 3.05) is 6.54 Å². The summed E-state index contributed by atoms with van der Waals surface area (Å²) in [6.45, 7) is 2.65. The summed E-state index contributed by atoms with van der Waals surface area (Å²) < 4.78 is 7.31. The van der Waals surface area contributed by atoms with Crippen molar-refractivity contribution in [2.24, 2.45) is 7.05 Å². The molecule has 0 N–H and O–H groups in total. The van der Waals surface area contributed by atoms with E-state index in [9.17, 15) is 9.59 Å². The van der Waals surface area contributed by atoms with Gasteiger partial charge in [-0.05, 0) is 31.2 Å². The molecule has 7 nitrogen and oxygen atoms in total. The number of hydrogen-bond donors (Lipinski definition) is 0. The first kappa shape index (κ1) is 16.3. The minimum absolute atomic E-state index is 0.178. The van der Waals surface area contributed by atoms with Crippen LogP contribution < -0.4 is 5.56 Å². The van der Waals surface area contributed by atoms with Gasteiger partial charge in [-0.3, -0.25) is 14.6 Å². The molecule has 0 fully saturated rings. The van der Waals surface area contributed by atoms with Crippen LogP contribution in [0.25, 0.3) is 11.5 Å². The molecule has 0 atom stereocenters. The summed E-state index contributed by atoms with van der Waals surface area (Å²) in [5.74, 6) is 1.01. The van der Waals surface area contributed by atoms with E-state index in [-0.39, 0.29) is 17.0 Å². The standard InChI is InChI=1S/C19H18N4O3/c1-12-5-6-14(18(24)22(12)2)19(25)23-9-7-16-15(11-23)21-17(26-16)13-4-3-8-20-10-13/h3-6,8,10H,7,9,11H2,1-2H3. The number of aryl methyl sites for hydroxylation is 1. The minimum Gasteiger partial charge on any atom is -0.441 e. The molecule has 0 aromatic carbocycles. The van der Waals surface area contributed by atoms with Crippen molar-refractivity contribution in [1.82, 2.24) is 19.4 Å². The third-order valence-electron chi connectivity index (χ3n) is 4.71. The van der Waals surface area contributed by atoms with Crippen molar-refractivity contribution in [3.63, 3.8) is 0 Å². The van der Waals surface area contributed by atoms with E-state index in [2.05, 4.69) is 9.97 Å². The topological polar surface area (TPSA) is 81.2 Å². The number of fused-ring (bicyclic) bond motifs is 1. The molecule has 1 aliphatic heterocycles. The Morgan fingerprint density at radius 1 is 1.27 bits per heavy atom. The van der Waals surface area contributed by atoms with E-state index >= 15 is 0 Å². The SMILES string of the molecule is Cc1ccc(C(=O)N2CCc3oc(-c4cccnc4)nc3C2)c(=O)n1C. The maximum Gasteiger partial charge on any atom is 0.263 e. The van der Waals surface area contributed by atoms with Crippen LogP contribution in [-0.2, 0) is 20.0 Å². The van der Waals surface area contributed by atoms with Crippen LogP contribution in [0.2, 0.25) is 0 Å². The number of hydrogen-bond acceptors (Lipinski definition) is 5. The van der Waals surface area contributed by atoms with Crippen LogP contribution in [0.1, 0.15) is 27.5 Å². The van der Waals surface area contributed by atoms with Crippen LogP contribution in [0, 0.1) is 6.92 Å². The molecular weight excluding hydrogens is 332 g/mol. The molecule has 1 aliphatic rings. The fourth-order valence-electron chi connectivity index (χ4n) is 3.05. The number of rotatable bonds is 2. The van der Waals surface area contributed by atoms with Crippen molar-refractivity contribution in [3.05, 3.63) is 69.7 Å². The fraction of sp³-hybridized carbons (Fsp3) is 0.263. The number of aromatic nitrogens is 3. The monoisotopic (exact) mass is 350 g/mol. The normalized spacial score (nSPS) is 13.5. The lowest BCUT2D eigenvalue weighted by Crippen LogP contribution is -2.39. The highest BCUT2D eigenvalue weighted by atomic mass is 16.4. The lowest BCUT2D eigenvalue weighted by Gasteiger charge is -2.25. The molecule has 3 aromatic heterocycles. The van der Waals surface area contributed by atoms with Gasteiger partial charge in [0.15, 0.2) is 0 Å². The van der Waals surface area contributed by atoms with Crippen molar-refractivity contribution in [1.29, 1.82) is 0 Å². The molecule has 0 radical (unpaired) electrons. The lowest BCUT2D eigenvalue weighted by molar-refractivity contribution is 0.0725. The smallest absolute Gasteiger partial charge is 0.263 e. The molecule has 0 spiro atoms. The van der Waals surface area contributed by atoms with Crippen LogP contribution in [0.5, 0.6) is 0 Å². The molecule has 0 saturated heterocycles. The predicted octanol–water partition coefficient (Wildman–Crippen LogP) is 1.94. The van der Waals surface area contributed by atoms with E-state index in [0.717, 1.165) is 22.7 Å². The predicted molar refractivity (Wildman–Crippen MR) is 94.6 cm³/mol. The minimum atomic E-state index is -0.281. The Morgan fingerprint density at radius 3 is 2.88 bits per heavy atom. The van der Waals surface area contributed by atoms with Crippen LogP contribution in [-0.4, -0.2) is 31.9 Å². The van der Waals surface area contributed by atoms with E-state index in [1.165, 1.54) is 4.57 Å². The molecule has 0 saturated carbocycles. The Balaban J connectivity index is 1.61. The van der Waals surface area contributed by atoms with Crippen molar-refractivity contribution < 1.29 is 9.21 Å². The number of amides is 1. The van der Waals surface area contributed by atoms with Gasteiger partial charge in [-0.25, -0.2) is 4.98 Å². The Bertz CT molecular complexity index is 1040. The lowest BCUT2D eigenvalue weighted by atomic mass is 10.1. The zero-order chi connectivity index (χ0) is 18.3. The molecule has 132 valence electrons. The maximum atomic E-state index is 12.8. The second-order valence-corrected chi connectivity index (χ2v) is 6.36. The van der Waals surface area contributed by atoms with Gasteiger partial charge in [0, 0.05) is 38.1 Å². The van der Waals surface area contributed by atoms with Gasteiger partial charge in [0.25, 0.3) is 11.5 Å². The summed E-state index contributed by atoms with van der Waals surface area (Å²) in [4.78, 5) is 35.4. The molecule has 4 rings (SSSR count). The summed E-state index contributed by atoms with van der Waals surface area (Å²) >= 11 is 0. The van der Waals surface area contributed by atoms with E-state index in [0.29, 0.717) is 25.4 Å². The van der Waals surface area contributed by atoms with Crippen LogP contribution in [0.4, 0.5) is 0 Å². The fourth-order valence-corrected chi connectivity index (χ4v) is 3.05. The Kier molecular flexibility index (Phi) is 3.91. The van der Waals surface area contributed by atoms with Gasteiger partial charge in [-0.2, -0.15) is 0 Å². The van der Waals surface area contributed by atoms with Gasteiger partial charge in [0.1, 0.15) is 17.0 Å². The van der Waals surface area contributed by atoms with Crippen molar-refractivity contribution in [2.45, 2.75) is 19.9 Å². The van der Waals surface area contributed by atoms with Gasteiger partial charge in [0.2, 0.25) is 5.89 Å². The molecule has 0 unspecified atom stereocenters. The summed E-state index contributed by atoms with van der Waals surface area (Å²) in [7, 11) is 1.67. The zero-order valence-electron chi connectivity index (χ0n) is 14.6. The van der Waals surface area contributed by atoms with Crippen LogP contribution in [0.15, 0.2) is 45.9 Å². The first-order chi connectivity index (χ1) is 12.5. The molecule has 4 heterocycles. The maximum absolute atomic E-state index is 12.8. The molecule has 3 aromatic rings. The molecular formula is C19H18N4O3. The van der Waals surface area contributed by atoms with Gasteiger partial charge in [-0.15, -0.1) is 0 Å². The highest BCUT2D eigenvalue weighted by Gasteiger charge is 2.28. The number of carbonyl (C=O) groups excluding carboxylic acids is 1. The van der Waals surface area contributed by atoms with Crippen LogP contribution >= 0.6 is 0 Å². The summed E-state index contributed by atoms with van der Waals surface area (Å²) in [6.07, 6.45) is 3.95. The Hall–Kier alpha value is -3.22. The second kappa shape index (κ2) is 6.25. The van der Waals surface area contributed by atoms with E-state index < -0.39 is 0 Å². The molecule has 1 amide bonds. The van der Waals surface area contributed by atoms with Gasteiger partial charge < -0.3 is 13.9 Å². The average Bonchev–Trinajstić information content (AvgIpc) is 3.10. The largest absolute Gasteiger partial charge is 0.441 e. The van der Waals surface area contributed by atoms with Gasteiger partial charge >= 0.3 is 0 Å². The summed E-state index contributed by atoms with van der Waals surface area (Å²) in [6, 6.07) is 7.07. The van der Waals surface area contributed by atoms with E-state index in [4.69, 9.17) is 4.42 Å². The van der Waals surface area contributed by atoms with Gasteiger partial charge in [0.05, 0.1) is 12.1 Å². The third-order valence-corrected chi connectivity index (χ3v) is 4.71. The highest BCUT2D eigenvalue weighted by Crippen LogP contribution is 2.26. The first-order valence-electron chi connectivity index (χ1n) is 8.39. The van der Waals surface area contributed by atoms with Crippen molar-refractivity contribution in [3.8, 4) is 11.5 Å². The summed E-state index contributed by atoms with van der Waals surface area (Å²) in [5, 5.41) is 0.